The summed E-state index contributed by atoms with van der Waals surface area (Å²) < 4.78 is 10.2. The number of benzene rings is 2. The molecule has 0 saturated heterocycles. The Morgan fingerprint density at radius 3 is 1.50 bits per heavy atom. The first-order chi connectivity index (χ1) is 10.5. The highest BCUT2D eigenvalue weighted by atomic mass is 35.5. The number of ether oxygens (including phenoxy) is 2. The summed E-state index contributed by atoms with van der Waals surface area (Å²) in [6.45, 7) is 0. The van der Waals surface area contributed by atoms with Gasteiger partial charge >= 0.3 is 0 Å². The van der Waals surface area contributed by atoms with Gasteiger partial charge in [0.1, 0.15) is 10.0 Å². The number of aromatic hydroxyl groups is 2. The minimum atomic E-state index is -0.101. The van der Waals surface area contributed by atoms with Crippen LogP contribution in [0.1, 0.15) is 0 Å². The molecular weight excluding hydrogens is 367 g/mol. The van der Waals surface area contributed by atoms with Crippen molar-refractivity contribution in [3.05, 3.63) is 22.2 Å². The van der Waals surface area contributed by atoms with Crippen molar-refractivity contribution >= 4 is 46.7 Å². The van der Waals surface area contributed by atoms with Gasteiger partial charge in [0.15, 0.2) is 23.0 Å². The average molecular weight is 377 g/mol. The summed E-state index contributed by atoms with van der Waals surface area (Å²) in [6, 6.07) is 3.38. The van der Waals surface area contributed by atoms with Crippen molar-refractivity contribution in [1.29, 1.82) is 0 Å². The molecule has 0 aromatic heterocycles. The summed E-state index contributed by atoms with van der Waals surface area (Å²) in [5.74, 6) is 0.371. The maximum atomic E-state index is 10.0. The number of phenols is 2. The molecule has 3 rings (SSSR count). The fourth-order valence-electron chi connectivity index (χ4n) is 2.03. The molecule has 0 bridgehead atoms. The number of hydrogen-bond donors (Lipinski definition) is 2. The second kappa shape index (κ2) is 5.85. The second-order valence-corrected chi connectivity index (χ2v) is 7.20. The zero-order chi connectivity index (χ0) is 16.0. The molecule has 1 aliphatic heterocycles. The first-order valence-electron chi connectivity index (χ1n) is 6.02. The molecule has 0 unspecified atom stereocenters. The molecule has 0 radical (unpaired) electrons. The summed E-state index contributed by atoms with van der Waals surface area (Å²) in [6.07, 6.45) is 0. The van der Waals surface area contributed by atoms with E-state index in [-0.39, 0.29) is 33.0 Å². The lowest BCUT2D eigenvalue weighted by molar-refractivity contribution is 0.370. The molecule has 0 saturated carbocycles. The van der Waals surface area contributed by atoms with Crippen LogP contribution in [0, 0.1) is 0 Å². The van der Waals surface area contributed by atoms with Gasteiger partial charge in [0, 0.05) is 19.6 Å². The van der Waals surface area contributed by atoms with Gasteiger partial charge in [0.25, 0.3) is 0 Å². The van der Waals surface area contributed by atoms with Crippen LogP contribution in [0.2, 0.25) is 10.0 Å². The summed E-state index contributed by atoms with van der Waals surface area (Å²) in [5.41, 5.74) is 0. The minimum absolute atomic E-state index is 0.101. The third-order valence-electron chi connectivity index (χ3n) is 3.12. The Morgan fingerprint density at radius 1 is 0.818 bits per heavy atom. The Kier molecular flexibility index (Phi) is 4.20. The van der Waals surface area contributed by atoms with Gasteiger partial charge in [0.05, 0.1) is 14.2 Å². The zero-order valence-corrected chi connectivity index (χ0v) is 14.6. The van der Waals surface area contributed by atoms with Crippen molar-refractivity contribution in [3.8, 4) is 23.0 Å². The van der Waals surface area contributed by atoms with Gasteiger partial charge in [-0.05, 0) is 12.1 Å². The SMILES string of the molecule is COc1cc2c(c(Cl)c1O)Sc1cc(OC)c(O)c(Cl)c1S2. The Morgan fingerprint density at radius 2 is 1.18 bits per heavy atom. The van der Waals surface area contributed by atoms with Crippen molar-refractivity contribution < 1.29 is 19.7 Å². The lowest BCUT2D eigenvalue weighted by Crippen LogP contribution is -1.96. The highest BCUT2D eigenvalue weighted by Crippen LogP contribution is 2.59. The Bertz CT molecular complexity index is 715. The Labute approximate surface area is 145 Å². The quantitative estimate of drug-likeness (QED) is 0.653. The number of fused-ring (bicyclic) bond motifs is 2. The average Bonchev–Trinajstić information content (AvgIpc) is 2.53. The van der Waals surface area contributed by atoms with Gasteiger partial charge in [-0.3, -0.25) is 0 Å². The van der Waals surface area contributed by atoms with E-state index in [1.54, 1.807) is 12.1 Å². The van der Waals surface area contributed by atoms with Gasteiger partial charge < -0.3 is 19.7 Å². The molecule has 0 atom stereocenters. The largest absolute Gasteiger partial charge is 0.503 e. The first kappa shape index (κ1) is 15.8. The standard InChI is InChI=1S/C14H10Cl2O4S2/c1-19-5-3-7-13(9(15)11(5)17)22-8-4-6(20-2)12(18)10(16)14(8)21-7/h3-4,17-18H,1-2H3. The number of methoxy groups -OCH3 is 2. The Balaban J connectivity index is 2.18. The van der Waals surface area contributed by atoms with Crippen molar-refractivity contribution in [3.63, 3.8) is 0 Å². The van der Waals surface area contributed by atoms with Crippen LogP contribution in [0.25, 0.3) is 0 Å². The van der Waals surface area contributed by atoms with Crippen molar-refractivity contribution in [2.75, 3.05) is 14.2 Å². The third-order valence-corrected chi connectivity index (χ3v) is 6.68. The highest BCUT2D eigenvalue weighted by molar-refractivity contribution is 8.05. The van der Waals surface area contributed by atoms with Crippen LogP contribution < -0.4 is 9.47 Å². The van der Waals surface area contributed by atoms with Gasteiger partial charge in [-0.1, -0.05) is 46.7 Å². The van der Waals surface area contributed by atoms with Crippen molar-refractivity contribution in [1.82, 2.24) is 0 Å². The maximum Gasteiger partial charge on any atom is 0.177 e. The van der Waals surface area contributed by atoms with E-state index in [0.29, 0.717) is 9.79 Å². The minimum Gasteiger partial charge on any atom is -0.503 e. The number of hydrogen-bond acceptors (Lipinski definition) is 6. The molecular formula is C14H10Cl2O4S2. The van der Waals surface area contributed by atoms with Crippen molar-refractivity contribution in [2.24, 2.45) is 0 Å². The fraction of sp³-hybridized carbons (Fsp3) is 0.143. The van der Waals surface area contributed by atoms with Crippen molar-refractivity contribution in [2.45, 2.75) is 19.6 Å². The van der Waals surface area contributed by atoms with Crippen LogP contribution in [0.15, 0.2) is 31.7 Å². The molecule has 1 heterocycles. The predicted molar refractivity (Wildman–Crippen MR) is 87.6 cm³/mol. The molecule has 2 aromatic carbocycles. The first-order valence-corrected chi connectivity index (χ1v) is 8.41. The molecule has 116 valence electrons. The molecule has 1 aliphatic rings. The van der Waals surface area contributed by atoms with Crippen LogP contribution >= 0.6 is 46.7 Å². The van der Waals surface area contributed by atoms with E-state index in [9.17, 15) is 10.2 Å². The maximum absolute atomic E-state index is 10.0. The molecule has 22 heavy (non-hydrogen) atoms. The number of rotatable bonds is 2. The fourth-order valence-corrected chi connectivity index (χ4v) is 5.11. The lowest BCUT2D eigenvalue weighted by Gasteiger charge is -2.23. The predicted octanol–water partition coefficient (Wildman–Crippen LogP) is 5.04. The van der Waals surface area contributed by atoms with E-state index < -0.39 is 0 Å². The summed E-state index contributed by atoms with van der Waals surface area (Å²) in [4.78, 5) is 3.01. The van der Waals surface area contributed by atoms with E-state index in [2.05, 4.69) is 0 Å². The van der Waals surface area contributed by atoms with Crippen LogP contribution in [0.5, 0.6) is 23.0 Å². The van der Waals surface area contributed by atoms with Crippen LogP contribution in [0.4, 0.5) is 0 Å². The summed E-state index contributed by atoms with van der Waals surface area (Å²) >= 11 is 15.2. The monoisotopic (exact) mass is 376 g/mol. The molecule has 2 N–H and O–H groups in total. The van der Waals surface area contributed by atoms with E-state index in [4.69, 9.17) is 32.7 Å². The van der Waals surface area contributed by atoms with Crippen LogP contribution in [-0.2, 0) is 0 Å². The summed E-state index contributed by atoms with van der Waals surface area (Å²) in [7, 11) is 2.91. The van der Waals surface area contributed by atoms with Gasteiger partial charge in [-0.15, -0.1) is 0 Å². The van der Waals surface area contributed by atoms with Crippen LogP contribution in [-0.4, -0.2) is 24.4 Å². The molecule has 0 amide bonds. The summed E-state index contributed by atoms with van der Waals surface area (Å²) in [5, 5.41) is 20.5. The second-order valence-electron chi connectivity index (χ2n) is 4.34. The third kappa shape index (κ3) is 2.34. The lowest BCUT2D eigenvalue weighted by atomic mass is 10.3. The number of phenolic OH excluding ortho intramolecular Hbond substituents is 2. The van der Waals surface area contributed by atoms with E-state index >= 15 is 0 Å². The number of halogens is 2. The molecule has 0 aliphatic carbocycles. The molecule has 8 heteroatoms. The smallest absolute Gasteiger partial charge is 0.177 e. The van der Waals surface area contributed by atoms with Gasteiger partial charge in [-0.25, -0.2) is 0 Å². The zero-order valence-electron chi connectivity index (χ0n) is 11.4. The van der Waals surface area contributed by atoms with Gasteiger partial charge in [-0.2, -0.15) is 0 Å². The van der Waals surface area contributed by atoms with Crippen LogP contribution in [0.3, 0.4) is 0 Å². The van der Waals surface area contributed by atoms with E-state index in [1.165, 1.54) is 37.7 Å². The Hall–Kier alpha value is -1.08. The topological polar surface area (TPSA) is 58.9 Å². The van der Waals surface area contributed by atoms with Gasteiger partial charge in [0.2, 0.25) is 0 Å². The molecule has 2 aromatic rings. The van der Waals surface area contributed by atoms with E-state index in [1.807, 2.05) is 0 Å². The molecule has 4 nitrogen and oxygen atoms in total. The highest BCUT2D eigenvalue weighted by Gasteiger charge is 2.28. The van der Waals surface area contributed by atoms with E-state index in [0.717, 1.165) is 9.79 Å². The molecule has 0 fully saturated rings. The normalized spacial score (nSPS) is 12.5. The molecule has 0 spiro atoms.